The first-order chi connectivity index (χ1) is 8.29. The summed E-state index contributed by atoms with van der Waals surface area (Å²) in [6.45, 7) is 5.95. The fourth-order valence-corrected chi connectivity index (χ4v) is 3.07. The Bertz CT molecular complexity index is 351. The predicted molar refractivity (Wildman–Crippen MR) is 77.1 cm³/mol. The second kappa shape index (κ2) is 6.55. The molecule has 1 saturated heterocycles. The molecule has 1 aromatic rings. The van der Waals surface area contributed by atoms with E-state index in [-0.39, 0.29) is 0 Å². The van der Waals surface area contributed by atoms with Crippen molar-refractivity contribution in [2.45, 2.75) is 39.2 Å². The number of hydrogen-bond acceptors (Lipinski definition) is 1. The van der Waals surface area contributed by atoms with Gasteiger partial charge in [-0.25, -0.2) is 0 Å². The van der Waals surface area contributed by atoms with Crippen LogP contribution in [0.5, 0.6) is 0 Å². The first-order valence-electron chi connectivity index (χ1n) is 6.75. The molecule has 1 unspecified atom stereocenters. The Kier molecular flexibility index (Phi) is 5.05. The summed E-state index contributed by atoms with van der Waals surface area (Å²) in [7, 11) is 0. The molecule has 1 nitrogen and oxygen atoms in total. The molecule has 0 N–H and O–H groups in total. The van der Waals surface area contributed by atoms with E-state index in [0.29, 0.717) is 0 Å². The molecule has 0 spiro atoms. The van der Waals surface area contributed by atoms with Gasteiger partial charge in [0.15, 0.2) is 0 Å². The molecular weight excluding hydrogens is 274 g/mol. The molecule has 1 aliphatic heterocycles. The highest BCUT2D eigenvalue weighted by Crippen LogP contribution is 2.23. The minimum atomic E-state index is 0.958. The van der Waals surface area contributed by atoms with E-state index in [0.717, 1.165) is 12.5 Å². The number of benzene rings is 1. The lowest BCUT2D eigenvalue weighted by atomic mass is 9.98. The van der Waals surface area contributed by atoms with E-state index in [4.69, 9.17) is 0 Å². The molecule has 1 heterocycles. The van der Waals surface area contributed by atoms with Gasteiger partial charge in [0.2, 0.25) is 0 Å². The Morgan fingerprint density at radius 2 is 2.06 bits per heavy atom. The minimum absolute atomic E-state index is 0.958. The zero-order chi connectivity index (χ0) is 12.1. The lowest BCUT2D eigenvalue weighted by molar-refractivity contribution is 0.271. The maximum absolute atomic E-state index is 3.64. The summed E-state index contributed by atoms with van der Waals surface area (Å²) in [5.74, 6) is 0.958. The number of rotatable bonds is 3. The third-order valence-electron chi connectivity index (χ3n) is 3.87. The van der Waals surface area contributed by atoms with Crippen molar-refractivity contribution < 1.29 is 0 Å². The van der Waals surface area contributed by atoms with Gasteiger partial charge in [-0.2, -0.15) is 0 Å². The molecule has 1 aromatic carbocycles. The molecule has 17 heavy (non-hydrogen) atoms. The monoisotopic (exact) mass is 295 g/mol. The van der Waals surface area contributed by atoms with E-state index in [9.17, 15) is 0 Å². The first-order valence-corrected chi connectivity index (χ1v) is 7.54. The first kappa shape index (κ1) is 13.1. The fourth-order valence-electron chi connectivity index (χ4n) is 2.66. The Hall–Kier alpha value is -0.340. The van der Waals surface area contributed by atoms with Gasteiger partial charge in [0, 0.05) is 11.0 Å². The summed E-state index contributed by atoms with van der Waals surface area (Å²) in [6, 6.07) is 8.59. The molecule has 94 valence electrons. The van der Waals surface area contributed by atoms with E-state index in [2.05, 4.69) is 52.0 Å². The number of halogens is 1. The van der Waals surface area contributed by atoms with Crippen LogP contribution in [0.3, 0.4) is 0 Å². The van der Waals surface area contributed by atoms with Crippen LogP contribution in [-0.2, 0) is 6.54 Å². The summed E-state index contributed by atoms with van der Waals surface area (Å²) >= 11 is 3.64. The highest BCUT2D eigenvalue weighted by atomic mass is 79.9. The molecule has 0 bridgehead atoms. The number of likely N-dealkylation sites (tertiary alicyclic amines) is 1. The smallest absolute Gasteiger partial charge is 0.0244 e. The molecule has 1 atom stereocenters. The maximum Gasteiger partial charge on any atom is 0.0244 e. The third kappa shape index (κ3) is 3.82. The Labute approximate surface area is 113 Å². The van der Waals surface area contributed by atoms with E-state index < -0.39 is 0 Å². The topological polar surface area (TPSA) is 3.24 Å². The predicted octanol–water partition coefficient (Wildman–Crippen LogP) is 4.46. The Morgan fingerprint density at radius 1 is 1.24 bits per heavy atom. The van der Waals surface area contributed by atoms with Crippen LogP contribution in [-0.4, -0.2) is 18.0 Å². The molecule has 1 fully saturated rings. The van der Waals surface area contributed by atoms with Crippen molar-refractivity contribution in [1.82, 2.24) is 4.90 Å². The van der Waals surface area contributed by atoms with Crippen molar-refractivity contribution >= 4 is 15.9 Å². The normalized spacial score (nSPS) is 22.4. The van der Waals surface area contributed by atoms with Gasteiger partial charge in [0.05, 0.1) is 0 Å². The zero-order valence-corrected chi connectivity index (χ0v) is 12.2. The molecule has 0 aliphatic carbocycles. The van der Waals surface area contributed by atoms with Gasteiger partial charge < -0.3 is 0 Å². The fraction of sp³-hybridized carbons (Fsp3) is 0.600. The van der Waals surface area contributed by atoms with Crippen LogP contribution in [0.1, 0.15) is 38.2 Å². The van der Waals surface area contributed by atoms with Gasteiger partial charge in [-0.1, -0.05) is 47.5 Å². The van der Waals surface area contributed by atoms with Crippen LogP contribution in [0.15, 0.2) is 28.7 Å². The van der Waals surface area contributed by atoms with Gasteiger partial charge in [0.25, 0.3) is 0 Å². The van der Waals surface area contributed by atoms with Crippen molar-refractivity contribution in [1.29, 1.82) is 0 Å². The average molecular weight is 296 g/mol. The summed E-state index contributed by atoms with van der Waals surface area (Å²) in [5, 5.41) is 0. The van der Waals surface area contributed by atoms with Crippen molar-refractivity contribution in [3.8, 4) is 0 Å². The van der Waals surface area contributed by atoms with Crippen LogP contribution in [0.25, 0.3) is 0 Å². The van der Waals surface area contributed by atoms with Crippen molar-refractivity contribution in [2.24, 2.45) is 5.92 Å². The lowest BCUT2D eigenvalue weighted by Gasteiger charge is -2.20. The van der Waals surface area contributed by atoms with Crippen LogP contribution in [0, 0.1) is 5.92 Å². The number of hydrogen-bond donors (Lipinski definition) is 0. The second-order valence-electron chi connectivity index (χ2n) is 5.07. The van der Waals surface area contributed by atoms with E-state index in [1.165, 1.54) is 48.8 Å². The zero-order valence-electron chi connectivity index (χ0n) is 10.7. The van der Waals surface area contributed by atoms with Crippen molar-refractivity contribution in [3.63, 3.8) is 0 Å². The maximum atomic E-state index is 3.64. The quantitative estimate of drug-likeness (QED) is 0.796. The highest BCUT2D eigenvalue weighted by Gasteiger charge is 2.16. The average Bonchev–Trinajstić information content (AvgIpc) is 2.57. The molecule has 2 rings (SSSR count). The van der Waals surface area contributed by atoms with Gasteiger partial charge in [-0.3, -0.25) is 4.90 Å². The standard InChI is InChI=1S/C15H22BrN/c1-2-13-6-5-10-17(11-9-13)12-14-7-3-4-8-15(14)16/h3-4,7-8,13H,2,5-6,9-12H2,1H3. The van der Waals surface area contributed by atoms with Crippen LogP contribution in [0.4, 0.5) is 0 Å². The molecule has 0 aromatic heterocycles. The summed E-state index contributed by atoms with van der Waals surface area (Å²) in [4.78, 5) is 2.61. The second-order valence-corrected chi connectivity index (χ2v) is 5.93. The molecule has 2 heteroatoms. The molecule has 0 radical (unpaired) electrons. The Balaban J connectivity index is 1.93. The van der Waals surface area contributed by atoms with Crippen molar-refractivity contribution in [2.75, 3.05) is 13.1 Å². The molecule has 0 saturated carbocycles. The SMILES string of the molecule is CCC1CCCN(Cc2ccccc2Br)CC1. The van der Waals surface area contributed by atoms with Gasteiger partial charge in [-0.05, 0) is 49.9 Å². The lowest BCUT2D eigenvalue weighted by Crippen LogP contribution is -2.24. The molecular formula is C15H22BrN. The van der Waals surface area contributed by atoms with E-state index in [1.807, 2.05) is 0 Å². The third-order valence-corrected chi connectivity index (χ3v) is 4.64. The highest BCUT2D eigenvalue weighted by molar-refractivity contribution is 9.10. The molecule has 0 amide bonds. The van der Waals surface area contributed by atoms with E-state index in [1.54, 1.807) is 0 Å². The van der Waals surface area contributed by atoms with Crippen LogP contribution >= 0.6 is 15.9 Å². The number of nitrogens with zero attached hydrogens (tertiary/aromatic N) is 1. The minimum Gasteiger partial charge on any atom is -0.299 e. The van der Waals surface area contributed by atoms with Gasteiger partial charge in [0.1, 0.15) is 0 Å². The van der Waals surface area contributed by atoms with Crippen LogP contribution < -0.4 is 0 Å². The van der Waals surface area contributed by atoms with Crippen LogP contribution in [0.2, 0.25) is 0 Å². The van der Waals surface area contributed by atoms with E-state index >= 15 is 0 Å². The summed E-state index contributed by atoms with van der Waals surface area (Å²) in [6.07, 6.45) is 5.51. The van der Waals surface area contributed by atoms with Crippen molar-refractivity contribution in [3.05, 3.63) is 34.3 Å². The summed E-state index contributed by atoms with van der Waals surface area (Å²) in [5.41, 5.74) is 1.42. The molecule has 1 aliphatic rings. The Morgan fingerprint density at radius 3 is 2.82 bits per heavy atom. The summed E-state index contributed by atoms with van der Waals surface area (Å²) < 4.78 is 1.25. The largest absolute Gasteiger partial charge is 0.299 e. The van der Waals surface area contributed by atoms with Gasteiger partial charge in [-0.15, -0.1) is 0 Å². The van der Waals surface area contributed by atoms with Gasteiger partial charge >= 0.3 is 0 Å².